The fourth-order valence-corrected chi connectivity index (χ4v) is 1.63. The molecule has 0 saturated heterocycles. The highest BCUT2D eigenvalue weighted by molar-refractivity contribution is 5.41. The molecule has 0 fully saturated rings. The minimum absolute atomic E-state index is 0.0683. The molecular weight excluding hydrogens is 272 g/mol. The summed E-state index contributed by atoms with van der Waals surface area (Å²) in [5, 5.41) is 0. The molecule has 0 unspecified atom stereocenters. The molecule has 2 N–H and O–H groups in total. The number of halogens is 4. The molecule has 2 aromatic rings. The standard InChI is InChI=1S/C14H12F4N2/c15-13-8-11(14(16,17)18)7-6-10(13)9-19-20-12-4-2-1-3-5-12/h1-8,19-20H,9H2. The second-order valence-electron chi connectivity index (χ2n) is 4.15. The SMILES string of the molecule is Fc1cc(C(F)(F)F)ccc1CNNc1ccccc1. The molecule has 2 aromatic carbocycles. The van der Waals surface area contributed by atoms with Crippen LogP contribution in [0.1, 0.15) is 11.1 Å². The van der Waals surface area contributed by atoms with Crippen LogP contribution in [0.15, 0.2) is 48.5 Å². The van der Waals surface area contributed by atoms with Crippen molar-refractivity contribution >= 4 is 5.69 Å². The molecule has 0 aromatic heterocycles. The number of rotatable bonds is 4. The first-order chi connectivity index (χ1) is 9.47. The summed E-state index contributed by atoms with van der Waals surface area (Å²) in [5.41, 5.74) is 5.51. The van der Waals surface area contributed by atoms with E-state index in [4.69, 9.17) is 0 Å². The molecular formula is C14H12F4N2. The maximum Gasteiger partial charge on any atom is 0.416 e. The number of hydrogen-bond acceptors (Lipinski definition) is 2. The summed E-state index contributed by atoms with van der Waals surface area (Å²) in [7, 11) is 0. The molecule has 0 radical (unpaired) electrons. The normalized spacial score (nSPS) is 11.4. The lowest BCUT2D eigenvalue weighted by atomic mass is 10.1. The zero-order valence-corrected chi connectivity index (χ0v) is 10.3. The van der Waals surface area contributed by atoms with Crippen molar-refractivity contribution in [1.82, 2.24) is 5.43 Å². The van der Waals surface area contributed by atoms with Gasteiger partial charge in [0.15, 0.2) is 0 Å². The quantitative estimate of drug-likeness (QED) is 0.656. The summed E-state index contributed by atoms with van der Waals surface area (Å²) >= 11 is 0. The summed E-state index contributed by atoms with van der Waals surface area (Å²) in [5.74, 6) is -0.887. The topological polar surface area (TPSA) is 24.1 Å². The number of anilines is 1. The molecule has 0 amide bonds. The van der Waals surface area contributed by atoms with Gasteiger partial charge < -0.3 is 5.43 Å². The summed E-state index contributed by atoms with van der Waals surface area (Å²) < 4.78 is 50.7. The monoisotopic (exact) mass is 284 g/mol. The Hall–Kier alpha value is -2.08. The van der Waals surface area contributed by atoms with Gasteiger partial charge in [0, 0.05) is 17.8 Å². The number of benzene rings is 2. The van der Waals surface area contributed by atoms with E-state index >= 15 is 0 Å². The van der Waals surface area contributed by atoms with Crippen molar-refractivity contribution in [2.24, 2.45) is 0 Å². The van der Waals surface area contributed by atoms with Crippen LogP contribution < -0.4 is 10.9 Å². The fraction of sp³-hybridized carbons (Fsp3) is 0.143. The van der Waals surface area contributed by atoms with Gasteiger partial charge >= 0.3 is 6.18 Å². The van der Waals surface area contributed by atoms with Gasteiger partial charge in [0.2, 0.25) is 0 Å². The molecule has 0 spiro atoms. The van der Waals surface area contributed by atoms with Gasteiger partial charge in [-0.3, -0.25) is 0 Å². The van der Waals surface area contributed by atoms with Crippen LogP contribution in [0.25, 0.3) is 0 Å². The van der Waals surface area contributed by atoms with Crippen LogP contribution >= 0.6 is 0 Å². The Morgan fingerprint density at radius 2 is 1.65 bits per heavy atom. The zero-order chi connectivity index (χ0) is 14.6. The summed E-state index contributed by atoms with van der Waals surface area (Å²) in [6, 6.07) is 11.6. The minimum atomic E-state index is -4.53. The largest absolute Gasteiger partial charge is 0.416 e. The molecule has 106 valence electrons. The van der Waals surface area contributed by atoms with Gasteiger partial charge in [-0.1, -0.05) is 24.3 Å². The van der Waals surface area contributed by atoms with E-state index in [2.05, 4.69) is 10.9 Å². The van der Waals surface area contributed by atoms with Gasteiger partial charge in [0.25, 0.3) is 0 Å². The molecule has 0 aliphatic rings. The van der Waals surface area contributed by atoms with Crippen molar-refractivity contribution < 1.29 is 17.6 Å². The Bertz CT molecular complexity index is 567. The third-order valence-electron chi connectivity index (χ3n) is 2.67. The minimum Gasteiger partial charge on any atom is -0.321 e. The van der Waals surface area contributed by atoms with Gasteiger partial charge in [0.05, 0.1) is 5.56 Å². The van der Waals surface area contributed by atoms with Crippen LogP contribution in [0.3, 0.4) is 0 Å². The van der Waals surface area contributed by atoms with Crippen molar-refractivity contribution in [3.63, 3.8) is 0 Å². The molecule has 2 rings (SSSR count). The van der Waals surface area contributed by atoms with Gasteiger partial charge in [-0.25, -0.2) is 9.82 Å². The predicted molar refractivity (Wildman–Crippen MR) is 68.3 cm³/mol. The molecule has 6 heteroatoms. The van der Waals surface area contributed by atoms with Crippen LogP contribution in [0.5, 0.6) is 0 Å². The Morgan fingerprint density at radius 1 is 0.950 bits per heavy atom. The molecule has 0 aliphatic heterocycles. The van der Waals surface area contributed by atoms with E-state index in [-0.39, 0.29) is 12.1 Å². The van der Waals surface area contributed by atoms with E-state index in [9.17, 15) is 17.6 Å². The van der Waals surface area contributed by atoms with Crippen molar-refractivity contribution in [2.75, 3.05) is 5.43 Å². The molecule has 0 atom stereocenters. The first-order valence-corrected chi connectivity index (χ1v) is 5.86. The average Bonchev–Trinajstić information content (AvgIpc) is 2.40. The Kier molecular flexibility index (Phi) is 4.24. The van der Waals surface area contributed by atoms with E-state index in [0.717, 1.165) is 17.8 Å². The number of alkyl halides is 3. The van der Waals surface area contributed by atoms with Crippen LogP contribution in [0, 0.1) is 5.82 Å². The third kappa shape index (κ3) is 3.71. The maximum atomic E-state index is 13.5. The molecule has 0 saturated carbocycles. The Labute approximate surface area is 113 Å². The fourth-order valence-electron chi connectivity index (χ4n) is 1.63. The first-order valence-electron chi connectivity index (χ1n) is 5.86. The lowest BCUT2D eigenvalue weighted by Crippen LogP contribution is -2.21. The van der Waals surface area contributed by atoms with E-state index in [1.807, 2.05) is 18.2 Å². The number of nitrogens with one attached hydrogen (secondary N) is 2. The van der Waals surface area contributed by atoms with Crippen LogP contribution in [0.2, 0.25) is 0 Å². The van der Waals surface area contributed by atoms with E-state index in [0.29, 0.717) is 6.07 Å². The molecule has 20 heavy (non-hydrogen) atoms. The van der Waals surface area contributed by atoms with E-state index in [1.54, 1.807) is 12.1 Å². The van der Waals surface area contributed by atoms with Gasteiger partial charge in [0.1, 0.15) is 5.82 Å². The maximum absolute atomic E-state index is 13.5. The van der Waals surface area contributed by atoms with Crippen molar-refractivity contribution in [3.8, 4) is 0 Å². The molecule has 0 bridgehead atoms. The average molecular weight is 284 g/mol. The highest BCUT2D eigenvalue weighted by Crippen LogP contribution is 2.30. The highest BCUT2D eigenvalue weighted by Gasteiger charge is 2.31. The van der Waals surface area contributed by atoms with E-state index < -0.39 is 17.6 Å². The zero-order valence-electron chi connectivity index (χ0n) is 10.3. The lowest BCUT2D eigenvalue weighted by molar-refractivity contribution is -0.137. The summed E-state index contributed by atoms with van der Waals surface area (Å²) in [6.45, 7) is 0.0683. The Morgan fingerprint density at radius 3 is 2.25 bits per heavy atom. The number of hydrazine groups is 1. The van der Waals surface area contributed by atoms with Crippen molar-refractivity contribution in [3.05, 3.63) is 65.5 Å². The summed E-state index contributed by atoms with van der Waals surface area (Å²) in [6.07, 6.45) is -4.53. The Balaban J connectivity index is 1.97. The van der Waals surface area contributed by atoms with Crippen molar-refractivity contribution in [2.45, 2.75) is 12.7 Å². The molecule has 0 heterocycles. The summed E-state index contributed by atoms with van der Waals surface area (Å²) in [4.78, 5) is 0. The van der Waals surface area contributed by atoms with E-state index in [1.165, 1.54) is 0 Å². The second-order valence-corrected chi connectivity index (χ2v) is 4.15. The van der Waals surface area contributed by atoms with Crippen LogP contribution in [0.4, 0.5) is 23.2 Å². The number of para-hydroxylation sites is 1. The van der Waals surface area contributed by atoms with Crippen molar-refractivity contribution in [1.29, 1.82) is 0 Å². The first kappa shape index (κ1) is 14.3. The van der Waals surface area contributed by atoms with Crippen LogP contribution in [-0.4, -0.2) is 0 Å². The third-order valence-corrected chi connectivity index (χ3v) is 2.67. The predicted octanol–water partition coefficient (Wildman–Crippen LogP) is 3.96. The van der Waals surface area contributed by atoms with Gasteiger partial charge in [-0.05, 0) is 24.3 Å². The van der Waals surface area contributed by atoms with Gasteiger partial charge in [-0.2, -0.15) is 13.2 Å². The smallest absolute Gasteiger partial charge is 0.321 e. The van der Waals surface area contributed by atoms with Gasteiger partial charge in [-0.15, -0.1) is 0 Å². The van der Waals surface area contributed by atoms with Crippen LogP contribution in [-0.2, 0) is 12.7 Å². The molecule has 2 nitrogen and oxygen atoms in total. The lowest BCUT2D eigenvalue weighted by Gasteiger charge is -2.11. The number of hydrogen-bond donors (Lipinski definition) is 2. The second kappa shape index (κ2) is 5.92. The highest BCUT2D eigenvalue weighted by atomic mass is 19.4. The molecule has 0 aliphatic carbocycles.